The van der Waals surface area contributed by atoms with E-state index in [2.05, 4.69) is 97.8 Å². The fourth-order valence-electron chi connectivity index (χ4n) is 4.91. The van der Waals surface area contributed by atoms with Crippen molar-refractivity contribution < 1.29 is 29.3 Å². The highest BCUT2D eigenvalue weighted by Crippen LogP contribution is 2.30. The number of nitrogens with one attached hydrogen (secondary N) is 1. The summed E-state index contributed by atoms with van der Waals surface area (Å²) < 4.78 is 13.0. The van der Waals surface area contributed by atoms with E-state index in [9.17, 15) is 4.79 Å². The third-order valence-electron chi connectivity index (χ3n) is 7.54. The first-order valence-corrected chi connectivity index (χ1v) is 20.1. The van der Waals surface area contributed by atoms with Crippen LogP contribution in [0.4, 0.5) is 11.6 Å². The number of hydrogen-bond donors (Lipinski definition) is 4. The molecule has 2 aromatic carbocycles. The number of pyridine rings is 2. The molecule has 0 fully saturated rings. The molecule has 304 valence electrons. The van der Waals surface area contributed by atoms with E-state index in [4.69, 9.17) is 30.2 Å². The fourth-order valence-corrected chi connectivity index (χ4v) is 5.93. The monoisotopic (exact) mass is 786 g/mol. The predicted molar refractivity (Wildman–Crippen MR) is 234 cm³/mol. The highest BCUT2D eigenvalue weighted by molar-refractivity contribution is 7.17. The van der Waals surface area contributed by atoms with Crippen molar-refractivity contribution in [2.45, 2.75) is 92.9 Å². The van der Waals surface area contributed by atoms with Crippen LogP contribution in [0.5, 0.6) is 11.5 Å². The molecule has 3 aromatic heterocycles. The molecule has 11 heteroatoms. The Kier molecular flexibility index (Phi) is 25.9. The van der Waals surface area contributed by atoms with Crippen LogP contribution in [0.25, 0.3) is 16.2 Å². The molecule has 10 nitrogen and oxygen atoms in total. The number of carbonyl (C=O) groups is 2. The van der Waals surface area contributed by atoms with Gasteiger partial charge in [-0.1, -0.05) is 77.8 Å². The molecule has 0 radical (unpaired) electrons. The minimum absolute atomic E-state index is 0.250. The molecule has 0 bridgehead atoms. The van der Waals surface area contributed by atoms with E-state index in [1.165, 1.54) is 39.6 Å². The van der Waals surface area contributed by atoms with Gasteiger partial charge in [0.1, 0.15) is 23.1 Å². The van der Waals surface area contributed by atoms with Crippen LogP contribution in [0, 0.1) is 6.92 Å². The van der Waals surface area contributed by atoms with E-state index < -0.39 is 5.97 Å². The fraction of sp³-hybridized carbons (Fsp3) is 0.378. The highest BCUT2D eigenvalue weighted by atomic mass is 32.1. The van der Waals surface area contributed by atoms with Crippen molar-refractivity contribution >= 4 is 51.6 Å². The standard InChI is InChI=1S/C19H22N2OS.C18H22N2O.C4H8O2.C3H8.CH2O2/c1-3-5-14-13-23-18-12-16(8-9-17(14)18)22-11-10-15-6-4-7-19(20-2)21-15;1-3-4-6-15-13-17(10-9-14(15)2)21-12-11-16-7-5-8-18(19)20-16;1-2-3-4(5)6;1-3-2;2-1-3/h4,6-9,12-13H,3,5,10-11H2,1-2H3,(H,20,21);4-10,13H,3,11-12H2,1-2H3,(H2,19,20);2-3H2,1H3,(H,5,6);3H2,1-2H3;1H,(H,2,3)/b;6-4-;;;. The summed E-state index contributed by atoms with van der Waals surface area (Å²) in [4.78, 5) is 26.7. The van der Waals surface area contributed by atoms with Crippen LogP contribution in [0.15, 0.2) is 84.3 Å². The Hall–Kier alpha value is -5.42. The normalized spacial score (nSPS) is 9.98. The number of nitrogens with zero attached hydrogens (tertiary/aromatic N) is 2. The Bertz CT molecular complexity index is 1860. The minimum atomic E-state index is -0.711. The van der Waals surface area contributed by atoms with Crippen LogP contribution >= 0.6 is 11.3 Å². The molecule has 0 aliphatic heterocycles. The molecule has 0 aliphatic carbocycles. The maximum atomic E-state index is 9.60. The van der Waals surface area contributed by atoms with Gasteiger partial charge in [0, 0.05) is 42.4 Å². The van der Waals surface area contributed by atoms with E-state index in [0.717, 1.165) is 60.8 Å². The van der Waals surface area contributed by atoms with Crippen LogP contribution in [0.3, 0.4) is 0 Å². The molecule has 0 spiro atoms. The molecule has 56 heavy (non-hydrogen) atoms. The summed E-state index contributed by atoms with van der Waals surface area (Å²) in [5, 5.41) is 21.5. The van der Waals surface area contributed by atoms with Crippen molar-refractivity contribution in [2.24, 2.45) is 0 Å². The predicted octanol–water partition coefficient (Wildman–Crippen LogP) is 10.9. The van der Waals surface area contributed by atoms with Gasteiger partial charge in [-0.2, -0.15) is 0 Å². The lowest BCUT2D eigenvalue weighted by Gasteiger charge is -2.08. The molecule has 5 N–H and O–H groups in total. The Labute approximate surface area is 337 Å². The summed E-state index contributed by atoms with van der Waals surface area (Å²) >= 11 is 1.80. The number of benzene rings is 2. The van der Waals surface area contributed by atoms with Gasteiger partial charge in [0.25, 0.3) is 6.47 Å². The van der Waals surface area contributed by atoms with Gasteiger partial charge in [-0.3, -0.25) is 9.59 Å². The largest absolute Gasteiger partial charge is 0.493 e. The van der Waals surface area contributed by atoms with E-state index >= 15 is 0 Å². The van der Waals surface area contributed by atoms with Crippen molar-refractivity contribution in [1.82, 2.24) is 9.97 Å². The summed E-state index contributed by atoms with van der Waals surface area (Å²) in [7, 11) is 1.88. The Balaban J connectivity index is 0.000000437. The lowest BCUT2D eigenvalue weighted by atomic mass is 10.1. The molecular weight excluding hydrogens is 725 g/mol. The number of aromatic nitrogens is 2. The second kappa shape index (κ2) is 29.9. The molecule has 0 saturated heterocycles. The summed E-state index contributed by atoms with van der Waals surface area (Å²) in [6.07, 6.45) is 11.5. The zero-order valence-electron chi connectivity index (χ0n) is 34.2. The number of carboxylic acids is 1. The smallest absolute Gasteiger partial charge is 0.303 e. The number of thiophene rings is 1. The van der Waals surface area contributed by atoms with E-state index in [1.807, 2.05) is 50.4 Å². The van der Waals surface area contributed by atoms with E-state index in [-0.39, 0.29) is 6.47 Å². The van der Waals surface area contributed by atoms with Crippen LogP contribution in [0.2, 0.25) is 0 Å². The second-order valence-electron chi connectivity index (χ2n) is 12.5. The quantitative estimate of drug-likeness (QED) is 0.0753. The summed E-state index contributed by atoms with van der Waals surface area (Å²) in [5.41, 5.74) is 11.6. The average Bonchev–Trinajstić information content (AvgIpc) is 3.58. The number of aliphatic carboxylic acids is 1. The van der Waals surface area contributed by atoms with Gasteiger partial charge in [-0.05, 0) is 108 Å². The summed E-state index contributed by atoms with van der Waals surface area (Å²) in [6, 6.07) is 24.3. The van der Waals surface area contributed by atoms with Crippen molar-refractivity contribution in [1.29, 1.82) is 0 Å². The third kappa shape index (κ3) is 20.3. The van der Waals surface area contributed by atoms with Gasteiger partial charge in [0.05, 0.1) is 13.2 Å². The number of rotatable bonds is 15. The Morgan fingerprint density at radius 3 is 2.02 bits per heavy atom. The van der Waals surface area contributed by atoms with Gasteiger partial charge in [-0.15, -0.1) is 11.3 Å². The maximum Gasteiger partial charge on any atom is 0.303 e. The molecule has 3 heterocycles. The van der Waals surface area contributed by atoms with Crippen LogP contribution in [-0.4, -0.2) is 52.9 Å². The summed E-state index contributed by atoms with van der Waals surface area (Å²) in [6.45, 7) is 13.5. The molecule has 0 unspecified atom stereocenters. The Morgan fingerprint density at radius 1 is 0.857 bits per heavy atom. The van der Waals surface area contributed by atoms with E-state index in [0.29, 0.717) is 25.5 Å². The number of hydrogen-bond acceptors (Lipinski definition) is 9. The maximum absolute atomic E-state index is 9.60. The van der Waals surface area contributed by atoms with Gasteiger partial charge in [0.2, 0.25) is 0 Å². The number of nitrogens with two attached hydrogens (primary N) is 1. The van der Waals surface area contributed by atoms with Gasteiger partial charge in [-0.25, -0.2) is 9.97 Å². The van der Waals surface area contributed by atoms with Crippen molar-refractivity contribution in [2.75, 3.05) is 31.3 Å². The molecule has 0 atom stereocenters. The van der Waals surface area contributed by atoms with Gasteiger partial charge < -0.3 is 30.7 Å². The highest BCUT2D eigenvalue weighted by Gasteiger charge is 2.06. The Morgan fingerprint density at radius 2 is 1.46 bits per heavy atom. The number of carboxylic acid groups (broad SMARTS) is 2. The minimum Gasteiger partial charge on any atom is -0.493 e. The SMILES string of the molecule is CC/C=C\c1cc(OCCc2cccc(N)n2)ccc1C.CCC.CCCC(=O)O.CCCc1csc2cc(OCCc3cccc(NC)n3)ccc12.O=CO. The number of aryl methyl sites for hydroxylation is 2. The topological polar surface area (TPSA) is 157 Å². The molecule has 5 aromatic rings. The van der Waals surface area contributed by atoms with E-state index in [1.54, 1.807) is 17.4 Å². The third-order valence-corrected chi connectivity index (χ3v) is 8.53. The lowest BCUT2D eigenvalue weighted by Crippen LogP contribution is -2.04. The van der Waals surface area contributed by atoms with Crippen LogP contribution < -0.4 is 20.5 Å². The first-order valence-electron chi connectivity index (χ1n) is 19.3. The molecule has 0 aliphatic rings. The summed E-state index contributed by atoms with van der Waals surface area (Å²) in [5.74, 6) is 2.56. The first kappa shape index (κ1) is 48.6. The molecule has 5 rings (SSSR count). The first-order chi connectivity index (χ1) is 27.1. The van der Waals surface area contributed by atoms with Crippen LogP contribution in [0.1, 0.15) is 94.8 Å². The number of allylic oxidation sites excluding steroid dienone is 1. The molecular formula is C45H62N4O6S. The number of anilines is 2. The van der Waals surface area contributed by atoms with Crippen molar-refractivity contribution in [3.8, 4) is 11.5 Å². The van der Waals surface area contributed by atoms with Crippen LogP contribution in [-0.2, 0) is 28.9 Å². The van der Waals surface area contributed by atoms with Crippen molar-refractivity contribution in [3.05, 3.63) is 112 Å². The van der Waals surface area contributed by atoms with Gasteiger partial charge in [0.15, 0.2) is 0 Å². The average molecular weight is 787 g/mol. The van der Waals surface area contributed by atoms with Gasteiger partial charge >= 0.3 is 5.97 Å². The zero-order chi connectivity index (χ0) is 41.6. The van der Waals surface area contributed by atoms with Crippen molar-refractivity contribution in [3.63, 3.8) is 0 Å². The molecule has 0 amide bonds. The zero-order valence-corrected chi connectivity index (χ0v) is 35.0. The molecule has 0 saturated carbocycles. The number of nitrogen functional groups attached to an aromatic ring is 1. The number of fused-ring (bicyclic) bond motifs is 1. The second-order valence-corrected chi connectivity index (χ2v) is 13.4. The number of ether oxygens (including phenoxy) is 2. The lowest BCUT2D eigenvalue weighted by molar-refractivity contribution is -0.137.